The summed E-state index contributed by atoms with van der Waals surface area (Å²) in [5, 5.41) is 20.4. The van der Waals surface area contributed by atoms with Crippen molar-refractivity contribution in [1.29, 1.82) is 0 Å². The van der Waals surface area contributed by atoms with Gasteiger partial charge in [0.05, 0.1) is 12.9 Å². The number of H-pyrrole nitrogens is 1. The molecule has 1 aliphatic rings. The summed E-state index contributed by atoms with van der Waals surface area (Å²) in [4.78, 5) is 66.3. The summed E-state index contributed by atoms with van der Waals surface area (Å²) in [6, 6.07) is -0.833. The highest BCUT2D eigenvalue weighted by Crippen LogP contribution is 2.66. The highest BCUT2D eigenvalue weighted by Gasteiger charge is 2.47. The Kier molecular flexibility index (Phi) is 9.14. The average Bonchev–Trinajstić information content (AvgIpc) is 3.18. The van der Waals surface area contributed by atoms with Gasteiger partial charge in [-0.15, -0.1) is 0 Å². The summed E-state index contributed by atoms with van der Waals surface area (Å²) in [7, 11) is -16.8. The molecule has 2 unspecified atom stereocenters. The number of phosphoric ester groups is 1. The molecule has 2 aromatic rings. The number of aliphatic hydroxyl groups is 2. The highest BCUT2D eigenvalue weighted by molar-refractivity contribution is 7.66. The van der Waals surface area contributed by atoms with E-state index in [-0.39, 0.29) is 17.1 Å². The van der Waals surface area contributed by atoms with Crippen molar-refractivity contribution in [2.75, 3.05) is 12.3 Å². The van der Waals surface area contributed by atoms with Gasteiger partial charge in [-0.1, -0.05) is 0 Å². The largest absolute Gasteiger partial charge is 0.490 e. The fraction of sp³-hybridized carbons (Fsp3) is 0.455. The zero-order valence-electron chi connectivity index (χ0n) is 17.4. The predicted molar refractivity (Wildman–Crippen MR) is 112 cm³/mol. The number of phosphoric acid groups is 3. The molecule has 22 nitrogen and oxygen atoms in total. The Hall–Kier alpha value is -2.29. The number of carbonyl (C=O) groups excluding carboxylic acids is 1. The van der Waals surface area contributed by atoms with Crippen molar-refractivity contribution in [1.82, 2.24) is 19.5 Å². The number of nitrogens with one attached hydrogen (secondary N) is 1. The predicted octanol–water partition coefficient (Wildman–Crippen LogP) is -3.31. The monoisotopic (exact) mass is 583 g/mol. The number of imidazole rings is 1. The van der Waals surface area contributed by atoms with Gasteiger partial charge in [0.2, 0.25) is 5.95 Å². The van der Waals surface area contributed by atoms with Gasteiger partial charge in [-0.2, -0.15) is 13.6 Å². The van der Waals surface area contributed by atoms with Gasteiger partial charge in [0, 0.05) is 0 Å². The van der Waals surface area contributed by atoms with Crippen LogP contribution in [-0.2, 0) is 31.6 Å². The number of ether oxygens (including phenoxy) is 1. The molecule has 13 N–H and O–H groups in total. The van der Waals surface area contributed by atoms with Crippen LogP contribution in [0.3, 0.4) is 0 Å². The van der Waals surface area contributed by atoms with Crippen LogP contribution in [0.5, 0.6) is 0 Å². The third kappa shape index (κ3) is 8.11. The number of aromatic amines is 1. The summed E-state index contributed by atoms with van der Waals surface area (Å²) in [5.41, 5.74) is 13.0. The van der Waals surface area contributed by atoms with Gasteiger partial charge in [0.1, 0.15) is 18.3 Å². The Morgan fingerprint density at radius 2 is 1.69 bits per heavy atom. The normalized spacial score (nSPS) is 25.5. The zero-order valence-corrected chi connectivity index (χ0v) is 20.0. The standard InChI is InChI=1S/C10H16N5O14P3.CH4N2O/c11-10-13-7-4(8(18)14-10)12-2-15(7)9-6(17)5(16)3(27-9)1-26-31(22,23)29-32(24,25)28-30(19,20)21;2-1(3)4/h2-3,5-6,9,16-17H,1H2,(H,22,23)(H,24,25)(H2,19,20,21)(H3,11,13,14,18);(H4,2,3,4)/t3-,5-,6-,9-;/m1./s1. The molecule has 0 bridgehead atoms. The average molecular weight is 583 g/mol. The van der Waals surface area contributed by atoms with E-state index in [2.05, 4.69) is 39.6 Å². The first-order valence-corrected chi connectivity index (χ1v) is 13.4. The number of urea groups is 1. The third-order valence-corrected chi connectivity index (χ3v) is 7.68. The molecule has 0 radical (unpaired) electrons. The van der Waals surface area contributed by atoms with Gasteiger partial charge in [0.25, 0.3) is 5.56 Å². The number of hydrogen-bond donors (Lipinski definition) is 10. The quantitative estimate of drug-likeness (QED) is 0.136. The van der Waals surface area contributed by atoms with Crippen molar-refractivity contribution in [2.24, 2.45) is 11.5 Å². The first-order valence-electron chi connectivity index (χ1n) is 8.89. The molecule has 1 saturated heterocycles. The van der Waals surface area contributed by atoms with Crippen molar-refractivity contribution >= 4 is 46.6 Å². The molecule has 0 aromatic carbocycles. The molecule has 2 amide bonds. The van der Waals surface area contributed by atoms with Crippen LogP contribution in [0.25, 0.3) is 11.2 Å². The van der Waals surface area contributed by atoms with Crippen molar-refractivity contribution in [2.45, 2.75) is 24.5 Å². The van der Waals surface area contributed by atoms with Crippen molar-refractivity contribution in [3.05, 3.63) is 16.7 Å². The molecule has 2 aromatic heterocycles. The molecule has 0 aliphatic carbocycles. The molecule has 0 spiro atoms. The number of nitrogens with two attached hydrogens (primary N) is 3. The van der Waals surface area contributed by atoms with E-state index >= 15 is 0 Å². The summed E-state index contributed by atoms with van der Waals surface area (Å²) in [6.45, 7) is -1.01. The Labute approximate surface area is 198 Å². The minimum Gasteiger partial charge on any atom is -0.387 e. The number of nitrogens with zero attached hydrogens (tertiary/aromatic N) is 3. The lowest BCUT2D eigenvalue weighted by atomic mass is 10.1. The van der Waals surface area contributed by atoms with Crippen LogP contribution in [0, 0.1) is 0 Å². The molecular weight excluding hydrogens is 563 g/mol. The Morgan fingerprint density at radius 1 is 1.11 bits per heavy atom. The van der Waals surface area contributed by atoms with Crippen molar-refractivity contribution < 1.29 is 66.2 Å². The number of aliphatic hydroxyl groups excluding tert-OH is 2. The lowest BCUT2D eigenvalue weighted by molar-refractivity contribution is -0.0503. The van der Waals surface area contributed by atoms with Crippen molar-refractivity contribution in [3.63, 3.8) is 0 Å². The van der Waals surface area contributed by atoms with E-state index in [0.29, 0.717) is 0 Å². The molecule has 1 aliphatic heterocycles. The summed E-state index contributed by atoms with van der Waals surface area (Å²) in [6.07, 6.45) is -5.33. The summed E-state index contributed by atoms with van der Waals surface area (Å²) in [5.74, 6) is -0.276. The molecule has 3 rings (SSSR count). The molecule has 36 heavy (non-hydrogen) atoms. The maximum Gasteiger partial charge on any atom is 0.490 e. The highest BCUT2D eigenvalue weighted by atomic mass is 31.3. The topological polar surface area (TPSA) is 368 Å². The smallest absolute Gasteiger partial charge is 0.387 e. The Morgan fingerprint density at radius 3 is 2.25 bits per heavy atom. The summed E-state index contributed by atoms with van der Waals surface area (Å²) < 4.78 is 51.6. The van der Waals surface area contributed by atoms with Gasteiger partial charge in [-0.05, 0) is 0 Å². The van der Waals surface area contributed by atoms with E-state index < -0.39 is 66.2 Å². The molecule has 0 saturated carbocycles. The number of nitrogen functional groups attached to an aromatic ring is 1. The number of anilines is 1. The van der Waals surface area contributed by atoms with Gasteiger partial charge < -0.3 is 51.7 Å². The van der Waals surface area contributed by atoms with Crippen LogP contribution >= 0.6 is 23.5 Å². The van der Waals surface area contributed by atoms with Crippen LogP contribution in [-0.4, -0.2) is 80.3 Å². The number of rotatable bonds is 8. The minimum absolute atomic E-state index is 0.115. The van der Waals surface area contributed by atoms with Crippen LogP contribution in [0.4, 0.5) is 10.7 Å². The molecule has 3 heterocycles. The third-order valence-electron chi connectivity index (χ3n) is 3.88. The minimum atomic E-state index is -5.73. The fourth-order valence-corrected chi connectivity index (χ4v) is 5.73. The second kappa shape index (κ2) is 11.0. The van der Waals surface area contributed by atoms with Gasteiger partial charge in [0.15, 0.2) is 17.4 Å². The van der Waals surface area contributed by atoms with Crippen molar-refractivity contribution in [3.8, 4) is 0 Å². The lowest BCUT2D eigenvalue weighted by Crippen LogP contribution is -2.33. The van der Waals surface area contributed by atoms with E-state index in [4.69, 9.17) is 29.9 Å². The first-order chi connectivity index (χ1) is 16.3. The van der Waals surface area contributed by atoms with E-state index in [1.54, 1.807) is 0 Å². The van der Waals surface area contributed by atoms with E-state index in [9.17, 15) is 33.6 Å². The fourth-order valence-electron chi connectivity index (χ4n) is 2.70. The SMILES string of the molecule is NC(N)=O.Nc1nc2c(ncn2[C@@H]2O[C@H](COP(=O)(O)OP(=O)(O)OP(=O)(O)O)[C@@H](O)[C@H]2O)c(=O)[nH]1. The van der Waals surface area contributed by atoms with Crippen LogP contribution < -0.4 is 22.8 Å². The number of amides is 2. The molecule has 6 atom stereocenters. The number of carbonyl (C=O) groups is 1. The number of fused-ring (bicyclic) bond motifs is 1. The summed E-state index contributed by atoms with van der Waals surface area (Å²) >= 11 is 0. The molecule has 25 heteroatoms. The lowest BCUT2D eigenvalue weighted by Gasteiger charge is -2.19. The molecule has 204 valence electrons. The first kappa shape index (κ1) is 29.9. The van der Waals surface area contributed by atoms with Gasteiger partial charge in [-0.3, -0.25) is 18.9 Å². The van der Waals surface area contributed by atoms with Crippen LogP contribution in [0.2, 0.25) is 0 Å². The number of aromatic nitrogens is 4. The number of hydrogen-bond acceptors (Lipinski definition) is 14. The molecular formula is C11H20N7O15P3. The maximum atomic E-state index is 11.9. The van der Waals surface area contributed by atoms with Crippen LogP contribution in [0.15, 0.2) is 11.1 Å². The Balaban J connectivity index is 0.00000106. The zero-order chi connectivity index (χ0) is 27.6. The molecule has 1 fully saturated rings. The van der Waals surface area contributed by atoms with Crippen LogP contribution in [0.1, 0.15) is 6.23 Å². The van der Waals surface area contributed by atoms with Gasteiger partial charge in [-0.25, -0.2) is 23.5 Å². The van der Waals surface area contributed by atoms with E-state index in [1.807, 2.05) is 0 Å². The Bertz CT molecular complexity index is 1300. The van der Waals surface area contributed by atoms with Gasteiger partial charge >= 0.3 is 29.5 Å². The van der Waals surface area contributed by atoms with E-state index in [1.165, 1.54) is 0 Å². The van der Waals surface area contributed by atoms with E-state index in [0.717, 1.165) is 10.9 Å². The second-order valence-electron chi connectivity index (χ2n) is 6.61. The maximum absolute atomic E-state index is 11.9. The number of primary amides is 2. The second-order valence-corrected chi connectivity index (χ2v) is 11.0.